The summed E-state index contributed by atoms with van der Waals surface area (Å²) < 4.78 is 0. The SMILES string of the molecule is CC1(N)CCNC1.Cl. The fourth-order valence-corrected chi connectivity index (χ4v) is 0.836. The second-order valence-corrected chi connectivity index (χ2v) is 2.58. The number of hydrogen-bond acceptors (Lipinski definition) is 2. The quantitative estimate of drug-likeness (QED) is 0.497. The number of halogens is 1. The third kappa shape index (κ3) is 1.99. The minimum atomic E-state index is 0. The fraction of sp³-hybridized carbons (Fsp3) is 1.00. The Balaban J connectivity index is 0.000000490. The Morgan fingerprint density at radius 3 is 2.38 bits per heavy atom. The van der Waals surface area contributed by atoms with E-state index in [0.29, 0.717) is 0 Å². The van der Waals surface area contributed by atoms with Crippen molar-refractivity contribution in [1.82, 2.24) is 5.32 Å². The zero-order valence-electron chi connectivity index (χ0n) is 5.11. The van der Waals surface area contributed by atoms with E-state index >= 15 is 0 Å². The van der Waals surface area contributed by atoms with Crippen LogP contribution in [0.5, 0.6) is 0 Å². The van der Waals surface area contributed by atoms with Crippen LogP contribution in [0.2, 0.25) is 0 Å². The standard InChI is InChI=1S/C5H12N2.ClH/c1-5(6)2-3-7-4-5;/h7H,2-4,6H2,1H3;1H. The first-order chi connectivity index (χ1) is 3.21. The van der Waals surface area contributed by atoms with E-state index in [2.05, 4.69) is 12.2 Å². The third-order valence-corrected chi connectivity index (χ3v) is 1.40. The van der Waals surface area contributed by atoms with Gasteiger partial charge < -0.3 is 11.1 Å². The molecule has 0 aliphatic carbocycles. The number of nitrogens with two attached hydrogens (primary N) is 1. The van der Waals surface area contributed by atoms with Gasteiger partial charge in [0.1, 0.15) is 0 Å². The Hall–Kier alpha value is 0.210. The van der Waals surface area contributed by atoms with Crippen molar-refractivity contribution < 1.29 is 0 Å². The molecule has 1 heterocycles. The van der Waals surface area contributed by atoms with E-state index in [1.807, 2.05) is 0 Å². The van der Waals surface area contributed by atoms with Crippen LogP contribution in [0.1, 0.15) is 13.3 Å². The van der Waals surface area contributed by atoms with Crippen molar-refractivity contribution in [1.29, 1.82) is 0 Å². The summed E-state index contributed by atoms with van der Waals surface area (Å²) in [6.45, 7) is 4.15. The molecule has 0 aromatic heterocycles. The van der Waals surface area contributed by atoms with Crippen LogP contribution in [-0.2, 0) is 0 Å². The topological polar surface area (TPSA) is 38.0 Å². The lowest BCUT2D eigenvalue weighted by Gasteiger charge is -2.13. The first kappa shape index (κ1) is 8.21. The van der Waals surface area contributed by atoms with Crippen molar-refractivity contribution in [3.63, 3.8) is 0 Å². The Morgan fingerprint density at radius 1 is 1.62 bits per heavy atom. The smallest absolute Gasteiger partial charge is 0.0264 e. The first-order valence-corrected chi connectivity index (χ1v) is 2.70. The highest BCUT2D eigenvalue weighted by atomic mass is 35.5. The highest BCUT2D eigenvalue weighted by Crippen LogP contribution is 2.07. The molecule has 0 bridgehead atoms. The van der Waals surface area contributed by atoms with E-state index in [-0.39, 0.29) is 17.9 Å². The molecule has 0 spiro atoms. The molecule has 2 nitrogen and oxygen atoms in total. The first-order valence-electron chi connectivity index (χ1n) is 2.70. The Morgan fingerprint density at radius 2 is 2.25 bits per heavy atom. The van der Waals surface area contributed by atoms with Gasteiger partial charge in [-0.15, -0.1) is 12.4 Å². The van der Waals surface area contributed by atoms with Crippen molar-refractivity contribution in [3.05, 3.63) is 0 Å². The van der Waals surface area contributed by atoms with Crippen LogP contribution in [-0.4, -0.2) is 18.6 Å². The van der Waals surface area contributed by atoms with Gasteiger partial charge >= 0.3 is 0 Å². The summed E-state index contributed by atoms with van der Waals surface area (Å²) in [5.41, 5.74) is 5.80. The molecule has 1 saturated heterocycles. The average molecular weight is 137 g/mol. The largest absolute Gasteiger partial charge is 0.324 e. The van der Waals surface area contributed by atoms with E-state index in [9.17, 15) is 0 Å². The van der Waals surface area contributed by atoms with Crippen LogP contribution in [0.15, 0.2) is 0 Å². The van der Waals surface area contributed by atoms with Crippen molar-refractivity contribution in [2.75, 3.05) is 13.1 Å². The summed E-state index contributed by atoms with van der Waals surface area (Å²) in [7, 11) is 0. The molecule has 0 amide bonds. The summed E-state index contributed by atoms with van der Waals surface area (Å²) in [5.74, 6) is 0. The predicted octanol–water partition coefficient (Wildman–Crippen LogP) is 0.119. The van der Waals surface area contributed by atoms with Crippen LogP contribution in [0.3, 0.4) is 0 Å². The molecular formula is C5H13ClN2. The van der Waals surface area contributed by atoms with Gasteiger partial charge in [0.25, 0.3) is 0 Å². The molecule has 1 atom stereocenters. The fourth-order valence-electron chi connectivity index (χ4n) is 0.836. The van der Waals surface area contributed by atoms with Gasteiger partial charge in [-0.1, -0.05) is 0 Å². The lowest BCUT2D eigenvalue weighted by Crippen LogP contribution is -2.37. The molecule has 0 aromatic carbocycles. The molecule has 8 heavy (non-hydrogen) atoms. The second-order valence-electron chi connectivity index (χ2n) is 2.58. The monoisotopic (exact) mass is 136 g/mol. The molecule has 3 N–H and O–H groups in total. The van der Waals surface area contributed by atoms with E-state index in [1.165, 1.54) is 0 Å². The van der Waals surface area contributed by atoms with Crippen molar-refractivity contribution in [2.24, 2.45) is 5.73 Å². The highest BCUT2D eigenvalue weighted by Gasteiger charge is 2.22. The molecule has 1 unspecified atom stereocenters. The van der Waals surface area contributed by atoms with Gasteiger partial charge in [0.05, 0.1) is 0 Å². The van der Waals surface area contributed by atoms with E-state index in [1.54, 1.807) is 0 Å². The average Bonchev–Trinajstić information content (AvgIpc) is 1.84. The summed E-state index contributed by atoms with van der Waals surface area (Å²) in [4.78, 5) is 0. The van der Waals surface area contributed by atoms with Gasteiger partial charge in [-0.2, -0.15) is 0 Å². The summed E-state index contributed by atoms with van der Waals surface area (Å²) in [6, 6.07) is 0. The highest BCUT2D eigenvalue weighted by molar-refractivity contribution is 5.85. The van der Waals surface area contributed by atoms with Crippen LogP contribution < -0.4 is 11.1 Å². The summed E-state index contributed by atoms with van der Waals surface area (Å²) >= 11 is 0. The van der Waals surface area contributed by atoms with Crippen LogP contribution in [0.25, 0.3) is 0 Å². The Labute approximate surface area is 56.2 Å². The van der Waals surface area contributed by atoms with Gasteiger partial charge in [-0.05, 0) is 19.9 Å². The van der Waals surface area contributed by atoms with Gasteiger partial charge in [0.15, 0.2) is 0 Å². The molecule has 50 valence electrons. The number of nitrogens with one attached hydrogen (secondary N) is 1. The molecule has 0 radical (unpaired) electrons. The van der Waals surface area contributed by atoms with E-state index in [4.69, 9.17) is 5.73 Å². The lowest BCUT2D eigenvalue weighted by molar-refractivity contribution is 0.519. The zero-order valence-corrected chi connectivity index (χ0v) is 5.92. The Kier molecular flexibility index (Phi) is 2.74. The maximum atomic E-state index is 5.72. The number of hydrogen-bond donors (Lipinski definition) is 2. The van der Waals surface area contributed by atoms with Gasteiger partial charge in [0, 0.05) is 12.1 Å². The second kappa shape index (κ2) is 2.67. The van der Waals surface area contributed by atoms with Crippen LogP contribution in [0, 0.1) is 0 Å². The molecule has 1 fully saturated rings. The molecule has 3 heteroatoms. The normalized spacial score (nSPS) is 36.8. The van der Waals surface area contributed by atoms with E-state index in [0.717, 1.165) is 19.5 Å². The molecular weight excluding hydrogens is 124 g/mol. The molecule has 1 rings (SSSR count). The minimum absolute atomic E-state index is 0. The number of rotatable bonds is 0. The maximum Gasteiger partial charge on any atom is 0.0264 e. The minimum Gasteiger partial charge on any atom is -0.324 e. The van der Waals surface area contributed by atoms with E-state index < -0.39 is 0 Å². The van der Waals surface area contributed by atoms with Crippen LogP contribution >= 0.6 is 12.4 Å². The predicted molar refractivity (Wildman–Crippen MR) is 37.3 cm³/mol. The van der Waals surface area contributed by atoms with Gasteiger partial charge in [-0.3, -0.25) is 0 Å². The molecule has 0 saturated carbocycles. The maximum absolute atomic E-state index is 5.72. The molecule has 1 aliphatic rings. The Bertz CT molecular complexity index is 64.8. The van der Waals surface area contributed by atoms with Crippen molar-refractivity contribution in [2.45, 2.75) is 18.9 Å². The zero-order chi connectivity index (χ0) is 5.33. The molecule has 1 aliphatic heterocycles. The van der Waals surface area contributed by atoms with Crippen LogP contribution in [0.4, 0.5) is 0 Å². The molecule has 0 aromatic rings. The third-order valence-electron chi connectivity index (χ3n) is 1.40. The van der Waals surface area contributed by atoms with Gasteiger partial charge in [-0.25, -0.2) is 0 Å². The van der Waals surface area contributed by atoms with Gasteiger partial charge in [0.2, 0.25) is 0 Å². The van der Waals surface area contributed by atoms with Crippen molar-refractivity contribution in [3.8, 4) is 0 Å². The summed E-state index contributed by atoms with van der Waals surface area (Å²) in [5, 5.41) is 3.19. The lowest BCUT2D eigenvalue weighted by atomic mass is 10.0. The van der Waals surface area contributed by atoms with Crippen molar-refractivity contribution >= 4 is 12.4 Å². The summed E-state index contributed by atoms with van der Waals surface area (Å²) in [6.07, 6.45) is 1.12.